The number of benzene rings is 1. The van der Waals surface area contributed by atoms with Crippen LogP contribution in [0.25, 0.3) is 0 Å². The molecule has 0 amide bonds. The minimum atomic E-state index is -0.738. The minimum Gasteiger partial charge on any atom is -0.484 e. The molecule has 0 saturated carbocycles. The van der Waals surface area contributed by atoms with Gasteiger partial charge in [-0.25, -0.2) is 4.39 Å². The lowest BCUT2D eigenvalue weighted by atomic mass is 9.99. The molecule has 0 spiro atoms. The molecule has 2 rings (SSSR count). The normalized spacial score (nSPS) is 18.1. The summed E-state index contributed by atoms with van der Waals surface area (Å²) in [5, 5.41) is 20.9. The first-order valence-electron chi connectivity index (χ1n) is 7.43. The summed E-state index contributed by atoms with van der Waals surface area (Å²) in [6, 6.07) is 3.12. The number of ether oxygens (including phenoxy) is 1. The molecule has 0 aromatic heterocycles. The Morgan fingerprint density at radius 2 is 2.18 bits per heavy atom. The number of rotatable bonds is 6. The average molecular weight is 312 g/mol. The molecule has 1 saturated heterocycles. The van der Waals surface area contributed by atoms with E-state index in [4.69, 9.17) is 4.74 Å². The monoisotopic (exact) mass is 312 g/mol. The lowest BCUT2D eigenvalue weighted by Gasteiger charge is -2.31. The number of nitro benzene ring substituents is 1. The van der Waals surface area contributed by atoms with E-state index in [2.05, 4.69) is 11.8 Å². The van der Waals surface area contributed by atoms with Gasteiger partial charge in [0.05, 0.1) is 11.0 Å². The van der Waals surface area contributed by atoms with Crippen LogP contribution in [0.5, 0.6) is 5.75 Å². The van der Waals surface area contributed by atoms with Crippen molar-refractivity contribution in [2.24, 2.45) is 5.92 Å². The summed E-state index contributed by atoms with van der Waals surface area (Å²) in [4.78, 5) is 12.3. The number of piperidine rings is 1. The Bertz CT molecular complexity index is 518. The summed E-state index contributed by atoms with van der Waals surface area (Å²) >= 11 is 0. The van der Waals surface area contributed by atoms with Crippen LogP contribution in [-0.2, 0) is 0 Å². The van der Waals surface area contributed by atoms with E-state index in [-0.39, 0.29) is 12.4 Å². The number of nitrogens with zero attached hydrogens (tertiary/aromatic N) is 2. The molecular weight excluding hydrogens is 291 g/mol. The number of nitro groups is 1. The maximum Gasteiger partial charge on any atom is 0.313 e. The summed E-state index contributed by atoms with van der Waals surface area (Å²) < 4.78 is 18.3. The molecule has 0 aliphatic carbocycles. The molecule has 1 N–H and O–H groups in total. The number of halogens is 1. The van der Waals surface area contributed by atoms with E-state index in [1.807, 2.05) is 0 Å². The van der Waals surface area contributed by atoms with E-state index in [1.54, 1.807) is 0 Å². The van der Waals surface area contributed by atoms with Crippen molar-refractivity contribution in [3.63, 3.8) is 0 Å². The Hall–Kier alpha value is -1.73. The van der Waals surface area contributed by atoms with Gasteiger partial charge in [-0.3, -0.25) is 10.1 Å². The first-order chi connectivity index (χ1) is 10.5. The number of aliphatic hydroxyl groups excluding tert-OH is 1. The lowest BCUT2D eigenvalue weighted by molar-refractivity contribution is -0.386. The van der Waals surface area contributed by atoms with Crippen LogP contribution in [0.2, 0.25) is 0 Å². The number of β-amino-alcohol motifs (C(OH)–C–C–N with tert-alkyl or cyclic N) is 1. The van der Waals surface area contributed by atoms with Gasteiger partial charge < -0.3 is 14.7 Å². The van der Waals surface area contributed by atoms with Crippen molar-refractivity contribution in [3.05, 3.63) is 34.1 Å². The fourth-order valence-corrected chi connectivity index (χ4v) is 2.54. The first kappa shape index (κ1) is 16.6. The third-order valence-corrected chi connectivity index (χ3v) is 3.89. The van der Waals surface area contributed by atoms with Crippen molar-refractivity contribution in [3.8, 4) is 5.75 Å². The van der Waals surface area contributed by atoms with Crippen LogP contribution < -0.4 is 4.74 Å². The molecule has 22 heavy (non-hydrogen) atoms. The van der Waals surface area contributed by atoms with E-state index in [9.17, 15) is 19.6 Å². The Kier molecular flexibility index (Phi) is 5.68. The maximum atomic E-state index is 13.0. The number of aliphatic hydroxyl groups is 1. The SMILES string of the molecule is CC1CCN(CC(O)COc2ccc(F)cc2[N+](=O)[O-])CC1. The zero-order valence-electron chi connectivity index (χ0n) is 12.6. The van der Waals surface area contributed by atoms with Crippen LogP contribution in [0.15, 0.2) is 18.2 Å². The molecule has 0 radical (unpaired) electrons. The lowest BCUT2D eigenvalue weighted by Crippen LogP contribution is -2.40. The second kappa shape index (κ2) is 7.51. The molecule has 6 nitrogen and oxygen atoms in total. The van der Waals surface area contributed by atoms with Crippen LogP contribution in [-0.4, -0.2) is 47.3 Å². The summed E-state index contributed by atoms with van der Waals surface area (Å²) in [5.74, 6) is -0.00809. The molecule has 1 heterocycles. The van der Waals surface area contributed by atoms with Crippen molar-refractivity contribution in [2.75, 3.05) is 26.2 Å². The molecule has 0 bridgehead atoms. The quantitative estimate of drug-likeness (QED) is 0.644. The van der Waals surface area contributed by atoms with Crippen molar-refractivity contribution in [1.29, 1.82) is 0 Å². The van der Waals surface area contributed by atoms with Crippen LogP contribution in [0.3, 0.4) is 0 Å². The Morgan fingerprint density at radius 1 is 1.50 bits per heavy atom. The highest BCUT2D eigenvalue weighted by atomic mass is 19.1. The molecule has 1 aliphatic heterocycles. The van der Waals surface area contributed by atoms with E-state index in [1.165, 1.54) is 6.07 Å². The molecule has 1 unspecified atom stereocenters. The summed E-state index contributed by atoms with van der Waals surface area (Å²) in [6.45, 7) is 4.51. The van der Waals surface area contributed by atoms with Crippen molar-refractivity contribution < 1.29 is 19.2 Å². The Balaban J connectivity index is 1.86. The highest BCUT2D eigenvalue weighted by Crippen LogP contribution is 2.27. The topological polar surface area (TPSA) is 75.8 Å². The third-order valence-electron chi connectivity index (χ3n) is 3.89. The largest absolute Gasteiger partial charge is 0.484 e. The molecule has 1 aromatic carbocycles. The van der Waals surface area contributed by atoms with Gasteiger partial charge in [0.15, 0.2) is 5.75 Å². The number of hydrogen-bond donors (Lipinski definition) is 1. The Morgan fingerprint density at radius 3 is 2.82 bits per heavy atom. The molecule has 7 heteroatoms. The molecule has 1 fully saturated rings. The molecule has 1 atom stereocenters. The van der Waals surface area contributed by atoms with Crippen molar-refractivity contribution >= 4 is 5.69 Å². The van der Waals surface area contributed by atoms with Gasteiger partial charge in [0.2, 0.25) is 0 Å². The maximum absolute atomic E-state index is 13.0. The fourth-order valence-electron chi connectivity index (χ4n) is 2.54. The van der Waals surface area contributed by atoms with Gasteiger partial charge >= 0.3 is 5.69 Å². The zero-order valence-corrected chi connectivity index (χ0v) is 12.6. The number of likely N-dealkylation sites (tertiary alicyclic amines) is 1. The van der Waals surface area contributed by atoms with E-state index in [0.717, 1.165) is 38.1 Å². The Labute approximate surface area is 128 Å². The summed E-state index contributed by atoms with van der Waals surface area (Å²) in [5.41, 5.74) is -0.431. The first-order valence-corrected chi connectivity index (χ1v) is 7.43. The predicted molar refractivity (Wildman–Crippen MR) is 79.4 cm³/mol. The van der Waals surface area contributed by atoms with E-state index >= 15 is 0 Å². The van der Waals surface area contributed by atoms with Crippen LogP contribution >= 0.6 is 0 Å². The van der Waals surface area contributed by atoms with E-state index < -0.39 is 22.5 Å². The minimum absolute atomic E-state index is 0.0299. The molecule has 1 aliphatic rings. The van der Waals surface area contributed by atoms with Gasteiger partial charge in [0, 0.05) is 6.54 Å². The van der Waals surface area contributed by atoms with Crippen molar-refractivity contribution in [1.82, 2.24) is 4.90 Å². The highest BCUT2D eigenvalue weighted by Gasteiger charge is 2.20. The second-order valence-corrected chi connectivity index (χ2v) is 5.82. The smallest absolute Gasteiger partial charge is 0.313 e. The average Bonchev–Trinajstić information content (AvgIpc) is 2.48. The van der Waals surface area contributed by atoms with Crippen LogP contribution in [0.1, 0.15) is 19.8 Å². The summed E-state index contributed by atoms with van der Waals surface area (Å²) in [6.07, 6.45) is 1.48. The molecular formula is C15H21FN2O4. The standard InChI is InChI=1S/C15H21FN2O4/c1-11-4-6-17(7-5-11)9-13(19)10-22-15-3-2-12(16)8-14(15)18(20)21/h2-3,8,11,13,19H,4-7,9-10H2,1H3. The van der Waals surface area contributed by atoms with Gasteiger partial charge in [-0.2, -0.15) is 0 Å². The van der Waals surface area contributed by atoms with Gasteiger partial charge in [0.25, 0.3) is 0 Å². The second-order valence-electron chi connectivity index (χ2n) is 5.82. The van der Waals surface area contributed by atoms with Gasteiger partial charge in [-0.15, -0.1) is 0 Å². The van der Waals surface area contributed by atoms with Crippen LogP contribution in [0, 0.1) is 21.8 Å². The predicted octanol–water partition coefficient (Wildman–Crippen LogP) is 2.21. The van der Waals surface area contributed by atoms with Gasteiger partial charge in [0.1, 0.15) is 18.5 Å². The fraction of sp³-hybridized carbons (Fsp3) is 0.600. The van der Waals surface area contributed by atoms with Gasteiger partial charge in [-0.05, 0) is 44.0 Å². The number of hydrogen-bond acceptors (Lipinski definition) is 5. The highest BCUT2D eigenvalue weighted by molar-refractivity contribution is 5.46. The zero-order chi connectivity index (χ0) is 16.1. The van der Waals surface area contributed by atoms with E-state index in [0.29, 0.717) is 12.5 Å². The van der Waals surface area contributed by atoms with Crippen LogP contribution in [0.4, 0.5) is 10.1 Å². The molecule has 1 aromatic rings. The van der Waals surface area contributed by atoms with Gasteiger partial charge in [-0.1, -0.05) is 6.92 Å². The third kappa shape index (κ3) is 4.64. The molecule has 122 valence electrons. The summed E-state index contributed by atoms with van der Waals surface area (Å²) in [7, 11) is 0. The van der Waals surface area contributed by atoms with Crippen molar-refractivity contribution in [2.45, 2.75) is 25.9 Å².